The van der Waals surface area contributed by atoms with Crippen molar-refractivity contribution in [3.05, 3.63) is 0 Å². The molecule has 2 atom stereocenters. The van der Waals surface area contributed by atoms with E-state index in [0.717, 1.165) is 12.8 Å². The van der Waals surface area contributed by atoms with Gasteiger partial charge in [-0.1, -0.05) is 13.8 Å². The van der Waals surface area contributed by atoms with Gasteiger partial charge in [-0.2, -0.15) is 0 Å². The molecule has 1 rings (SSSR count). The van der Waals surface area contributed by atoms with E-state index in [1.54, 1.807) is 0 Å². The van der Waals surface area contributed by atoms with Crippen molar-refractivity contribution in [1.82, 2.24) is 5.48 Å². The lowest BCUT2D eigenvalue weighted by Crippen LogP contribution is -2.32. The zero-order chi connectivity index (χ0) is 9.84. The Morgan fingerprint density at radius 1 is 1.31 bits per heavy atom. The number of hydroxylamine groups is 1. The van der Waals surface area contributed by atoms with E-state index in [0.29, 0.717) is 11.8 Å². The van der Waals surface area contributed by atoms with Gasteiger partial charge >= 0.3 is 0 Å². The Hall–Kier alpha value is -0.770. The fraction of sp³-hybridized carbons (Fsp3) is 0.889. The molecule has 1 aliphatic rings. The topological polar surface area (TPSA) is 70.6 Å². The Bertz CT molecular complexity index is 183. The number of guanidine groups is 1. The van der Waals surface area contributed by atoms with Gasteiger partial charge in [-0.3, -0.25) is 5.21 Å². The van der Waals surface area contributed by atoms with Gasteiger partial charge < -0.3 is 5.73 Å². The zero-order valence-corrected chi connectivity index (χ0v) is 8.33. The Morgan fingerprint density at radius 2 is 1.85 bits per heavy atom. The molecule has 0 aliphatic heterocycles. The molecule has 1 saturated carbocycles. The van der Waals surface area contributed by atoms with Gasteiger partial charge in [0.15, 0.2) is 0 Å². The molecule has 0 spiro atoms. The molecule has 4 nitrogen and oxygen atoms in total. The van der Waals surface area contributed by atoms with Gasteiger partial charge in [-0.15, -0.1) is 0 Å². The van der Waals surface area contributed by atoms with Crippen LogP contribution in [0, 0.1) is 11.8 Å². The molecule has 0 aromatic rings. The first-order chi connectivity index (χ1) is 6.11. The highest BCUT2D eigenvalue weighted by molar-refractivity contribution is 5.76. The quantitative estimate of drug-likeness (QED) is 0.325. The number of hydrogen-bond donors (Lipinski definition) is 3. The van der Waals surface area contributed by atoms with Gasteiger partial charge in [0, 0.05) is 0 Å². The summed E-state index contributed by atoms with van der Waals surface area (Å²) in [5.74, 6) is 1.55. The summed E-state index contributed by atoms with van der Waals surface area (Å²) in [6.45, 7) is 4.47. The largest absolute Gasteiger partial charge is 0.368 e. The molecule has 0 saturated heterocycles. The molecule has 0 heterocycles. The molecule has 0 radical (unpaired) electrons. The highest BCUT2D eigenvalue weighted by Gasteiger charge is 2.23. The van der Waals surface area contributed by atoms with E-state index in [4.69, 9.17) is 10.9 Å². The first-order valence-electron chi connectivity index (χ1n) is 4.85. The Kier molecular flexibility index (Phi) is 3.54. The van der Waals surface area contributed by atoms with Gasteiger partial charge in [-0.25, -0.2) is 10.5 Å². The lowest BCUT2D eigenvalue weighted by Gasteiger charge is -2.29. The first kappa shape index (κ1) is 10.3. The minimum atomic E-state index is 0.131. The minimum absolute atomic E-state index is 0.131. The molecule has 1 aliphatic carbocycles. The second-order valence-electron chi connectivity index (χ2n) is 4.20. The minimum Gasteiger partial charge on any atom is -0.368 e. The van der Waals surface area contributed by atoms with Crippen molar-refractivity contribution in [2.24, 2.45) is 22.6 Å². The van der Waals surface area contributed by atoms with Crippen molar-refractivity contribution < 1.29 is 5.21 Å². The molecular formula is C9H19N3O. The van der Waals surface area contributed by atoms with Crippen LogP contribution in [0.4, 0.5) is 0 Å². The normalized spacial score (nSPS) is 35.9. The van der Waals surface area contributed by atoms with Gasteiger partial charge in [0.1, 0.15) is 0 Å². The van der Waals surface area contributed by atoms with Crippen LogP contribution < -0.4 is 11.2 Å². The van der Waals surface area contributed by atoms with Crippen molar-refractivity contribution in [3.63, 3.8) is 0 Å². The highest BCUT2D eigenvalue weighted by atomic mass is 16.5. The van der Waals surface area contributed by atoms with Gasteiger partial charge in [0.2, 0.25) is 5.96 Å². The van der Waals surface area contributed by atoms with Gasteiger partial charge in [-0.05, 0) is 31.1 Å². The lowest BCUT2D eigenvalue weighted by atomic mass is 9.81. The van der Waals surface area contributed by atoms with Crippen LogP contribution in [0.5, 0.6) is 0 Å². The smallest absolute Gasteiger partial charge is 0.213 e. The summed E-state index contributed by atoms with van der Waals surface area (Å²) in [6.07, 6.45) is 3.43. The standard InChI is InChI=1S/C9H19N3O/c1-6-3-7(2)5-8(4-6)11-9(10)12-13/h6-8,13H,3-5H2,1-2H3,(H3,10,11,12). The number of nitrogens with two attached hydrogens (primary N) is 1. The maximum absolute atomic E-state index is 8.49. The molecule has 0 bridgehead atoms. The Labute approximate surface area is 79.2 Å². The highest BCUT2D eigenvalue weighted by Crippen LogP contribution is 2.30. The van der Waals surface area contributed by atoms with Crippen molar-refractivity contribution in [2.75, 3.05) is 0 Å². The SMILES string of the molecule is CC1CC(C)CC(N=C(N)NO)C1. The summed E-state index contributed by atoms with van der Waals surface area (Å²) in [6, 6.07) is 0.276. The second-order valence-corrected chi connectivity index (χ2v) is 4.20. The fourth-order valence-corrected chi connectivity index (χ4v) is 2.24. The number of nitrogens with zero attached hydrogens (tertiary/aromatic N) is 1. The van der Waals surface area contributed by atoms with Crippen LogP contribution in [0.2, 0.25) is 0 Å². The Balaban J connectivity index is 2.50. The molecule has 0 aromatic carbocycles. The molecule has 0 aromatic heterocycles. The molecule has 4 N–H and O–H groups in total. The summed E-state index contributed by atoms with van der Waals surface area (Å²) in [4.78, 5) is 4.19. The third-order valence-corrected chi connectivity index (χ3v) is 2.59. The van der Waals surface area contributed by atoms with E-state index in [9.17, 15) is 0 Å². The number of rotatable bonds is 1. The predicted octanol–water partition coefficient (Wildman–Crippen LogP) is 1.10. The summed E-state index contributed by atoms with van der Waals surface area (Å²) < 4.78 is 0. The molecule has 13 heavy (non-hydrogen) atoms. The van der Waals surface area contributed by atoms with Crippen molar-refractivity contribution in [2.45, 2.75) is 39.2 Å². The predicted molar refractivity (Wildman–Crippen MR) is 52.5 cm³/mol. The van der Waals surface area contributed by atoms with E-state index < -0.39 is 0 Å². The summed E-state index contributed by atoms with van der Waals surface area (Å²) in [5.41, 5.74) is 7.25. The maximum atomic E-state index is 8.49. The maximum Gasteiger partial charge on any atom is 0.213 e. The lowest BCUT2D eigenvalue weighted by molar-refractivity contribution is 0.228. The van der Waals surface area contributed by atoms with Crippen LogP contribution in [-0.4, -0.2) is 17.2 Å². The van der Waals surface area contributed by atoms with E-state index in [2.05, 4.69) is 18.8 Å². The van der Waals surface area contributed by atoms with E-state index in [-0.39, 0.29) is 12.0 Å². The van der Waals surface area contributed by atoms with Gasteiger partial charge in [0.25, 0.3) is 0 Å². The number of hydrogen-bond acceptors (Lipinski definition) is 2. The monoisotopic (exact) mass is 185 g/mol. The van der Waals surface area contributed by atoms with Crippen LogP contribution in [0.25, 0.3) is 0 Å². The third kappa shape index (κ3) is 3.22. The third-order valence-electron chi connectivity index (χ3n) is 2.59. The number of aliphatic imine (C=N–C) groups is 1. The second kappa shape index (κ2) is 4.46. The number of nitrogens with one attached hydrogen (secondary N) is 1. The van der Waals surface area contributed by atoms with Gasteiger partial charge in [0.05, 0.1) is 6.04 Å². The van der Waals surface area contributed by atoms with Crippen LogP contribution in [-0.2, 0) is 0 Å². The average molecular weight is 185 g/mol. The van der Waals surface area contributed by atoms with Crippen LogP contribution in [0.1, 0.15) is 33.1 Å². The zero-order valence-electron chi connectivity index (χ0n) is 8.33. The summed E-state index contributed by atoms with van der Waals surface area (Å²) >= 11 is 0. The molecule has 2 unspecified atom stereocenters. The van der Waals surface area contributed by atoms with Crippen molar-refractivity contribution >= 4 is 5.96 Å². The van der Waals surface area contributed by atoms with Crippen LogP contribution in [0.15, 0.2) is 4.99 Å². The average Bonchev–Trinajstić information content (AvgIpc) is 2.02. The molecule has 76 valence electrons. The molecule has 0 amide bonds. The summed E-state index contributed by atoms with van der Waals surface area (Å²) in [7, 11) is 0. The van der Waals surface area contributed by atoms with E-state index in [1.807, 2.05) is 5.48 Å². The fourth-order valence-electron chi connectivity index (χ4n) is 2.24. The van der Waals surface area contributed by atoms with Crippen LogP contribution in [0.3, 0.4) is 0 Å². The Morgan fingerprint density at radius 3 is 2.31 bits per heavy atom. The van der Waals surface area contributed by atoms with Crippen LogP contribution >= 0.6 is 0 Å². The first-order valence-corrected chi connectivity index (χ1v) is 4.85. The molecule has 4 heteroatoms. The van der Waals surface area contributed by atoms with E-state index >= 15 is 0 Å². The molecular weight excluding hydrogens is 166 g/mol. The van der Waals surface area contributed by atoms with E-state index in [1.165, 1.54) is 6.42 Å². The van der Waals surface area contributed by atoms with Crippen molar-refractivity contribution in [3.8, 4) is 0 Å². The summed E-state index contributed by atoms with van der Waals surface area (Å²) in [5, 5.41) is 8.49. The molecule has 1 fully saturated rings. The van der Waals surface area contributed by atoms with Crippen molar-refractivity contribution in [1.29, 1.82) is 0 Å².